The molecule has 0 aliphatic rings. The van der Waals surface area contributed by atoms with E-state index >= 15 is 0 Å². The minimum Gasteiger partial charge on any atom is -0.353 e. The normalized spacial score (nSPS) is 11.4. The van der Waals surface area contributed by atoms with Gasteiger partial charge in [0.25, 0.3) is 5.56 Å². The third-order valence-electron chi connectivity index (χ3n) is 3.33. The van der Waals surface area contributed by atoms with Crippen LogP contribution in [0.2, 0.25) is 0 Å². The molecule has 4 N–H and O–H groups in total. The lowest BCUT2D eigenvalue weighted by Crippen LogP contribution is -2.50. The number of nitrogens with two attached hydrogens (primary N) is 1. The van der Waals surface area contributed by atoms with E-state index in [1.54, 1.807) is 0 Å². The fraction of sp³-hybridized carbons (Fsp3) is 0.583. The van der Waals surface area contributed by atoms with E-state index < -0.39 is 16.8 Å². The van der Waals surface area contributed by atoms with Crippen LogP contribution in [-0.2, 0) is 11.3 Å². The van der Waals surface area contributed by atoms with E-state index in [-0.39, 0.29) is 16.9 Å². The summed E-state index contributed by atoms with van der Waals surface area (Å²) in [6.45, 7) is 4.09. The van der Waals surface area contributed by atoms with Crippen molar-refractivity contribution in [2.75, 3.05) is 6.54 Å². The number of aromatic nitrogens is 2. The summed E-state index contributed by atoms with van der Waals surface area (Å²) in [7, 11) is 0. The van der Waals surface area contributed by atoms with Gasteiger partial charge in [0, 0.05) is 18.3 Å². The van der Waals surface area contributed by atoms with E-state index in [0.717, 1.165) is 17.4 Å². The molecule has 0 atom stereocenters. The van der Waals surface area contributed by atoms with E-state index in [9.17, 15) is 14.4 Å². The largest absolute Gasteiger partial charge is 0.353 e. The van der Waals surface area contributed by atoms with Crippen LogP contribution in [0.1, 0.15) is 26.7 Å². The molecule has 112 valence electrons. The van der Waals surface area contributed by atoms with E-state index in [4.69, 9.17) is 5.73 Å². The maximum atomic E-state index is 11.8. The molecule has 1 aromatic heterocycles. The Balaban J connectivity index is 2.71. The molecule has 0 saturated carbocycles. The molecule has 7 nitrogen and oxygen atoms in total. The van der Waals surface area contributed by atoms with Crippen LogP contribution in [0.5, 0.6) is 0 Å². The van der Waals surface area contributed by atoms with Crippen LogP contribution in [0.25, 0.3) is 0 Å². The van der Waals surface area contributed by atoms with E-state index in [1.165, 1.54) is 6.20 Å². The third-order valence-corrected chi connectivity index (χ3v) is 3.89. The van der Waals surface area contributed by atoms with Crippen LogP contribution in [0.3, 0.4) is 0 Å². The number of hydrogen-bond donors (Lipinski definition) is 3. The van der Waals surface area contributed by atoms with Crippen LogP contribution < -0.4 is 22.3 Å². The number of nitrogens with zero attached hydrogens (tertiary/aromatic N) is 1. The van der Waals surface area contributed by atoms with Gasteiger partial charge >= 0.3 is 5.69 Å². The molecule has 1 amide bonds. The topological polar surface area (TPSA) is 110 Å². The summed E-state index contributed by atoms with van der Waals surface area (Å²) in [5, 5.41) is 2.70. The molecule has 1 rings (SSSR count). The molecule has 0 radical (unpaired) electrons. The van der Waals surface area contributed by atoms with Crippen molar-refractivity contribution in [3.63, 3.8) is 0 Å². The molecule has 0 fully saturated rings. The number of rotatable bonds is 6. The molecule has 0 bridgehead atoms. The number of halogens is 1. The van der Waals surface area contributed by atoms with Crippen molar-refractivity contribution in [2.24, 2.45) is 5.73 Å². The average molecular weight is 347 g/mol. The second-order valence-corrected chi connectivity index (χ2v) is 5.56. The third kappa shape index (κ3) is 4.31. The van der Waals surface area contributed by atoms with Crippen LogP contribution in [0, 0.1) is 0 Å². The summed E-state index contributed by atoms with van der Waals surface area (Å²) in [6.07, 6.45) is 2.78. The highest BCUT2D eigenvalue weighted by atomic mass is 79.9. The molecular formula is C12H19BrN4O3. The van der Waals surface area contributed by atoms with Crippen molar-refractivity contribution in [3.8, 4) is 0 Å². The predicted molar refractivity (Wildman–Crippen MR) is 79.5 cm³/mol. The number of hydrogen-bond acceptors (Lipinski definition) is 4. The summed E-state index contributed by atoms with van der Waals surface area (Å²) in [5.41, 5.74) is 4.49. The smallest absolute Gasteiger partial charge is 0.328 e. The first-order valence-electron chi connectivity index (χ1n) is 6.36. The Bertz CT molecular complexity index is 589. The first kappa shape index (κ1) is 16.6. The van der Waals surface area contributed by atoms with E-state index in [2.05, 4.69) is 26.2 Å². The monoisotopic (exact) mass is 346 g/mol. The Morgan fingerprint density at radius 3 is 2.60 bits per heavy atom. The summed E-state index contributed by atoms with van der Waals surface area (Å²) in [6, 6.07) is 0. The molecular weight excluding hydrogens is 328 g/mol. The summed E-state index contributed by atoms with van der Waals surface area (Å²) in [5.74, 6) is -0.331. The average Bonchev–Trinajstić information content (AvgIpc) is 2.42. The lowest BCUT2D eigenvalue weighted by molar-refractivity contribution is -0.122. The minimum absolute atomic E-state index is 0.169. The lowest BCUT2D eigenvalue weighted by atomic mass is 9.94. The summed E-state index contributed by atoms with van der Waals surface area (Å²) < 4.78 is 1.32. The number of H-pyrrole nitrogens is 1. The zero-order valence-corrected chi connectivity index (χ0v) is 13.1. The molecule has 8 heteroatoms. The van der Waals surface area contributed by atoms with Crippen molar-refractivity contribution >= 4 is 21.8 Å². The van der Waals surface area contributed by atoms with Crippen molar-refractivity contribution in [1.82, 2.24) is 14.9 Å². The van der Waals surface area contributed by atoms with Gasteiger partial charge in [0.1, 0.15) is 6.54 Å². The summed E-state index contributed by atoms with van der Waals surface area (Å²) in [4.78, 5) is 36.6. The van der Waals surface area contributed by atoms with Crippen LogP contribution in [-0.4, -0.2) is 27.5 Å². The van der Waals surface area contributed by atoms with Crippen molar-refractivity contribution in [2.45, 2.75) is 38.8 Å². The molecule has 0 aromatic carbocycles. The Labute approximate surface area is 124 Å². The minimum atomic E-state index is -0.627. The van der Waals surface area contributed by atoms with Gasteiger partial charge in [0.2, 0.25) is 5.91 Å². The first-order chi connectivity index (χ1) is 9.31. The Morgan fingerprint density at radius 1 is 1.45 bits per heavy atom. The molecule has 0 saturated heterocycles. The van der Waals surface area contributed by atoms with Gasteiger partial charge < -0.3 is 11.1 Å². The fourth-order valence-corrected chi connectivity index (χ4v) is 1.93. The lowest BCUT2D eigenvalue weighted by Gasteiger charge is -2.26. The van der Waals surface area contributed by atoms with Gasteiger partial charge in [-0.3, -0.25) is 19.1 Å². The number of aromatic amines is 1. The van der Waals surface area contributed by atoms with Crippen molar-refractivity contribution in [1.29, 1.82) is 0 Å². The second-order valence-electron chi connectivity index (χ2n) is 4.71. The van der Waals surface area contributed by atoms with Gasteiger partial charge in [-0.05, 0) is 28.8 Å². The molecule has 20 heavy (non-hydrogen) atoms. The molecule has 0 unspecified atom stereocenters. The number of nitrogens with one attached hydrogen (secondary N) is 2. The zero-order valence-electron chi connectivity index (χ0n) is 11.5. The van der Waals surface area contributed by atoms with Gasteiger partial charge in [0.05, 0.1) is 4.47 Å². The van der Waals surface area contributed by atoms with Gasteiger partial charge in [-0.1, -0.05) is 13.8 Å². The highest BCUT2D eigenvalue weighted by Crippen LogP contribution is 2.09. The number of carbonyl (C=O) groups excluding carboxylic acids is 1. The van der Waals surface area contributed by atoms with Crippen LogP contribution in [0.4, 0.5) is 0 Å². The highest BCUT2D eigenvalue weighted by Gasteiger charge is 2.20. The first-order valence-corrected chi connectivity index (χ1v) is 7.15. The van der Waals surface area contributed by atoms with Gasteiger partial charge in [-0.25, -0.2) is 4.79 Å². The molecule has 1 heterocycles. The van der Waals surface area contributed by atoms with Crippen LogP contribution in [0.15, 0.2) is 20.3 Å². The molecule has 1 aromatic rings. The quantitative estimate of drug-likeness (QED) is 0.669. The maximum absolute atomic E-state index is 11.8. The van der Waals surface area contributed by atoms with Gasteiger partial charge in [-0.15, -0.1) is 0 Å². The van der Waals surface area contributed by atoms with Gasteiger partial charge in [-0.2, -0.15) is 0 Å². The van der Waals surface area contributed by atoms with E-state index in [1.807, 2.05) is 13.8 Å². The Kier molecular flexibility index (Phi) is 5.70. The van der Waals surface area contributed by atoms with Crippen LogP contribution >= 0.6 is 15.9 Å². The fourth-order valence-electron chi connectivity index (χ4n) is 1.59. The predicted octanol–water partition coefficient (Wildman–Crippen LogP) is -0.0672. The van der Waals surface area contributed by atoms with Crippen molar-refractivity contribution in [3.05, 3.63) is 31.5 Å². The molecule has 0 aliphatic carbocycles. The molecule has 0 spiro atoms. The van der Waals surface area contributed by atoms with Crippen molar-refractivity contribution < 1.29 is 4.79 Å². The highest BCUT2D eigenvalue weighted by molar-refractivity contribution is 9.10. The number of carbonyl (C=O) groups is 1. The van der Waals surface area contributed by atoms with E-state index in [0.29, 0.717) is 6.54 Å². The standard InChI is InChI=1S/C12H19BrN4O3/c1-3-12(14,4-2)7-15-9(18)6-17-5-8(13)10(19)16-11(17)20/h5H,3-4,6-7,14H2,1-2H3,(H,15,18)(H,16,19,20). The SMILES string of the molecule is CCC(N)(CC)CNC(=O)Cn1cc(Br)c(=O)[nH]c1=O. The number of amides is 1. The van der Waals surface area contributed by atoms with Gasteiger partial charge in [0.15, 0.2) is 0 Å². The Hall–Kier alpha value is -1.41. The second kappa shape index (κ2) is 6.85. The Morgan fingerprint density at radius 2 is 2.05 bits per heavy atom. The maximum Gasteiger partial charge on any atom is 0.328 e. The molecule has 0 aliphatic heterocycles. The zero-order chi connectivity index (χ0) is 15.3. The summed E-state index contributed by atoms with van der Waals surface area (Å²) >= 11 is 3.01.